The molecule has 5 heteroatoms. The van der Waals surface area contributed by atoms with Gasteiger partial charge in [-0.15, -0.1) is 0 Å². The molecule has 1 unspecified atom stereocenters. The summed E-state index contributed by atoms with van der Waals surface area (Å²) < 4.78 is 4.73. The van der Waals surface area contributed by atoms with Crippen molar-refractivity contribution in [2.24, 2.45) is 5.92 Å². The van der Waals surface area contributed by atoms with Crippen LogP contribution in [0.5, 0.6) is 0 Å². The summed E-state index contributed by atoms with van der Waals surface area (Å²) in [6, 6.07) is 1.78. The lowest BCUT2D eigenvalue weighted by Crippen LogP contribution is -2.23. The minimum absolute atomic E-state index is 0.0834. The molecule has 0 aliphatic carbocycles. The molecule has 90 valence electrons. The van der Waals surface area contributed by atoms with E-state index in [0.717, 1.165) is 24.9 Å². The summed E-state index contributed by atoms with van der Waals surface area (Å²) in [6.45, 7) is 1.40. The molecule has 1 atom stereocenters. The van der Waals surface area contributed by atoms with Crippen molar-refractivity contribution in [3.05, 3.63) is 24.0 Å². The quantitative estimate of drug-likeness (QED) is 0.574. The molecule has 2 heterocycles. The molecule has 1 saturated heterocycles. The van der Waals surface area contributed by atoms with E-state index in [0.29, 0.717) is 12.1 Å². The Morgan fingerprint density at radius 1 is 1.59 bits per heavy atom. The Kier molecular flexibility index (Phi) is 3.37. The number of aromatic nitrogens is 1. The molecule has 0 bridgehead atoms. The number of hydrogen-bond acceptors (Lipinski definition) is 5. The molecule has 0 radical (unpaired) electrons. The third-order valence-corrected chi connectivity index (χ3v) is 2.97. The molecule has 1 aromatic rings. The molecular formula is C12H14N2O3. The van der Waals surface area contributed by atoms with Gasteiger partial charge in [-0.25, -0.2) is 0 Å². The molecule has 0 aromatic carbocycles. The smallest absolute Gasteiger partial charge is 0.310 e. The zero-order valence-electron chi connectivity index (χ0n) is 9.63. The molecule has 0 N–H and O–H groups in total. The van der Waals surface area contributed by atoms with Crippen molar-refractivity contribution in [2.45, 2.75) is 6.42 Å². The zero-order chi connectivity index (χ0) is 12.3. The number of ether oxygens (including phenoxy) is 1. The standard InChI is InChI=1S/C12H14N2O3/c1-17-12(16)10-2-3-14(7-10)11-4-9(8-15)5-13-6-11/h4-6,8,10H,2-3,7H2,1H3. The van der Waals surface area contributed by atoms with E-state index in [1.165, 1.54) is 13.3 Å². The molecule has 0 amide bonds. The van der Waals surface area contributed by atoms with Crippen LogP contribution in [0, 0.1) is 5.92 Å². The summed E-state index contributed by atoms with van der Waals surface area (Å²) in [5.41, 5.74) is 1.42. The van der Waals surface area contributed by atoms with Crippen molar-refractivity contribution >= 4 is 17.9 Å². The summed E-state index contributed by atoms with van der Waals surface area (Å²) in [5.74, 6) is -0.258. The average Bonchev–Trinajstić information content (AvgIpc) is 2.87. The van der Waals surface area contributed by atoms with Crippen LogP contribution in [0.15, 0.2) is 18.5 Å². The van der Waals surface area contributed by atoms with E-state index in [1.807, 2.05) is 4.90 Å². The summed E-state index contributed by atoms with van der Waals surface area (Å²) in [6.07, 6.45) is 4.76. The first kappa shape index (κ1) is 11.6. The summed E-state index contributed by atoms with van der Waals surface area (Å²) >= 11 is 0. The summed E-state index contributed by atoms with van der Waals surface area (Å²) in [7, 11) is 1.40. The highest BCUT2D eigenvalue weighted by molar-refractivity contribution is 5.77. The van der Waals surface area contributed by atoms with Crippen molar-refractivity contribution in [2.75, 3.05) is 25.1 Å². The predicted octanol–water partition coefficient (Wildman–Crippen LogP) is 0.893. The molecule has 0 spiro atoms. The molecule has 5 nitrogen and oxygen atoms in total. The lowest BCUT2D eigenvalue weighted by atomic mass is 10.1. The SMILES string of the molecule is COC(=O)C1CCN(c2cncc(C=O)c2)C1. The third-order valence-electron chi connectivity index (χ3n) is 2.97. The van der Waals surface area contributed by atoms with Crippen LogP contribution in [-0.2, 0) is 9.53 Å². The lowest BCUT2D eigenvalue weighted by Gasteiger charge is -2.17. The van der Waals surface area contributed by atoms with E-state index < -0.39 is 0 Å². The molecule has 1 aliphatic heterocycles. The number of rotatable bonds is 3. The van der Waals surface area contributed by atoms with Crippen molar-refractivity contribution in [1.29, 1.82) is 0 Å². The van der Waals surface area contributed by atoms with Gasteiger partial charge in [0.1, 0.15) is 0 Å². The van der Waals surface area contributed by atoms with E-state index >= 15 is 0 Å². The van der Waals surface area contributed by atoms with Crippen molar-refractivity contribution < 1.29 is 14.3 Å². The Labute approximate surface area is 99.4 Å². The largest absolute Gasteiger partial charge is 0.469 e. The van der Waals surface area contributed by atoms with Gasteiger partial charge < -0.3 is 9.64 Å². The highest BCUT2D eigenvalue weighted by Gasteiger charge is 2.29. The van der Waals surface area contributed by atoms with Crippen LogP contribution >= 0.6 is 0 Å². The Morgan fingerprint density at radius 3 is 3.12 bits per heavy atom. The van der Waals surface area contributed by atoms with Gasteiger partial charge in [-0.2, -0.15) is 0 Å². The van der Waals surface area contributed by atoms with Gasteiger partial charge in [-0.1, -0.05) is 0 Å². The topological polar surface area (TPSA) is 59.5 Å². The van der Waals surface area contributed by atoms with Crippen LogP contribution in [0.1, 0.15) is 16.8 Å². The van der Waals surface area contributed by atoms with Gasteiger partial charge in [0.05, 0.1) is 24.9 Å². The van der Waals surface area contributed by atoms with E-state index in [4.69, 9.17) is 4.74 Å². The number of pyridine rings is 1. The fourth-order valence-electron chi connectivity index (χ4n) is 2.04. The van der Waals surface area contributed by atoms with Gasteiger partial charge in [0.25, 0.3) is 0 Å². The van der Waals surface area contributed by atoms with Gasteiger partial charge in [0.15, 0.2) is 6.29 Å². The zero-order valence-corrected chi connectivity index (χ0v) is 9.63. The number of nitrogens with zero attached hydrogens (tertiary/aromatic N) is 2. The van der Waals surface area contributed by atoms with E-state index in [9.17, 15) is 9.59 Å². The number of aldehydes is 1. The summed E-state index contributed by atoms with van der Waals surface area (Å²) in [4.78, 5) is 28.1. The molecule has 0 saturated carbocycles. The number of carbonyl (C=O) groups is 2. The predicted molar refractivity (Wildman–Crippen MR) is 62.0 cm³/mol. The molecule has 1 aliphatic rings. The van der Waals surface area contributed by atoms with Crippen molar-refractivity contribution in [3.8, 4) is 0 Å². The maximum atomic E-state index is 11.4. The number of anilines is 1. The minimum atomic E-state index is -0.174. The fourth-order valence-corrected chi connectivity index (χ4v) is 2.04. The first-order valence-electron chi connectivity index (χ1n) is 5.47. The second-order valence-electron chi connectivity index (χ2n) is 4.05. The number of carbonyl (C=O) groups excluding carboxylic acids is 2. The first-order chi connectivity index (χ1) is 8.24. The summed E-state index contributed by atoms with van der Waals surface area (Å²) in [5, 5.41) is 0. The second kappa shape index (κ2) is 4.95. The number of methoxy groups -OCH3 is 1. The molecule has 2 rings (SSSR count). The highest BCUT2D eigenvalue weighted by atomic mass is 16.5. The number of esters is 1. The van der Waals surface area contributed by atoms with Gasteiger partial charge >= 0.3 is 5.97 Å². The van der Waals surface area contributed by atoms with Gasteiger partial charge in [-0.05, 0) is 12.5 Å². The molecule has 1 fully saturated rings. The van der Waals surface area contributed by atoms with Crippen LogP contribution in [0.3, 0.4) is 0 Å². The first-order valence-corrected chi connectivity index (χ1v) is 5.47. The van der Waals surface area contributed by atoms with Crippen LogP contribution in [0.4, 0.5) is 5.69 Å². The number of hydrogen-bond donors (Lipinski definition) is 0. The maximum absolute atomic E-state index is 11.4. The molecule has 1 aromatic heterocycles. The van der Waals surface area contributed by atoms with Gasteiger partial charge in [0.2, 0.25) is 0 Å². The van der Waals surface area contributed by atoms with E-state index in [-0.39, 0.29) is 11.9 Å². The van der Waals surface area contributed by atoms with Crippen molar-refractivity contribution in [1.82, 2.24) is 4.98 Å². The Hall–Kier alpha value is -1.91. The van der Waals surface area contributed by atoms with Crippen molar-refractivity contribution in [3.63, 3.8) is 0 Å². The monoisotopic (exact) mass is 234 g/mol. The Bertz CT molecular complexity index is 434. The third kappa shape index (κ3) is 2.43. The van der Waals surface area contributed by atoms with Crippen LogP contribution in [-0.4, -0.2) is 37.4 Å². The van der Waals surface area contributed by atoms with Gasteiger partial charge in [-0.3, -0.25) is 14.6 Å². The minimum Gasteiger partial charge on any atom is -0.469 e. The molecule has 17 heavy (non-hydrogen) atoms. The normalized spacial score (nSPS) is 19.1. The van der Waals surface area contributed by atoms with E-state index in [1.54, 1.807) is 12.3 Å². The highest BCUT2D eigenvalue weighted by Crippen LogP contribution is 2.24. The Morgan fingerprint density at radius 2 is 2.41 bits per heavy atom. The lowest BCUT2D eigenvalue weighted by molar-refractivity contribution is -0.144. The molecular weight excluding hydrogens is 220 g/mol. The van der Waals surface area contributed by atoms with E-state index in [2.05, 4.69) is 4.98 Å². The van der Waals surface area contributed by atoms with Crippen LogP contribution in [0.2, 0.25) is 0 Å². The second-order valence-corrected chi connectivity index (χ2v) is 4.05. The van der Waals surface area contributed by atoms with Crippen LogP contribution < -0.4 is 4.90 Å². The average molecular weight is 234 g/mol. The maximum Gasteiger partial charge on any atom is 0.310 e. The Balaban J connectivity index is 2.09. The van der Waals surface area contributed by atoms with Gasteiger partial charge in [0, 0.05) is 24.8 Å². The van der Waals surface area contributed by atoms with Crippen LogP contribution in [0.25, 0.3) is 0 Å². The fraction of sp³-hybridized carbons (Fsp3) is 0.417.